The van der Waals surface area contributed by atoms with E-state index < -0.39 is 5.91 Å². The first-order chi connectivity index (χ1) is 7.58. The molecule has 0 radical (unpaired) electrons. The topological polar surface area (TPSA) is 61.5 Å². The van der Waals surface area contributed by atoms with Crippen molar-refractivity contribution in [1.82, 2.24) is 0 Å². The Labute approximate surface area is 98.6 Å². The number of primary amides is 1. The molecule has 0 atom stereocenters. The third-order valence-electron chi connectivity index (χ3n) is 1.90. The van der Waals surface area contributed by atoms with Crippen LogP contribution in [0.3, 0.4) is 0 Å². The van der Waals surface area contributed by atoms with Gasteiger partial charge in [-0.25, -0.2) is 0 Å². The number of nitrogens with two attached hydrogens (primary N) is 1. The van der Waals surface area contributed by atoms with Gasteiger partial charge in [0, 0.05) is 22.7 Å². The molecule has 1 rings (SSSR count). The van der Waals surface area contributed by atoms with Crippen molar-refractivity contribution >= 4 is 23.6 Å². The van der Waals surface area contributed by atoms with Gasteiger partial charge in [0.2, 0.25) is 5.91 Å². The molecular formula is C11H12ClNO3. The van der Waals surface area contributed by atoms with Gasteiger partial charge < -0.3 is 15.2 Å². The van der Waals surface area contributed by atoms with E-state index in [1.54, 1.807) is 12.1 Å². The second-order valence-electron chi connectivity index (χ2n) is 2.97. The molecule has 0 aliphatic heterocycles. The quantitative estimate of drug-likeness (QED) is 0.819. The molecule has 1 amide bonds. The Morgan fingerprint density at radius 2 is 2.06 bits per heavy atom. The molecule has 0 saturated carbocycles. The van der Waals surface area contributed by atoms with Crippen LogP contribution >= 0.6 is 11.6 Å². The fourth-order valence-electron chi connectivity index (χ4n) is 1.25. The maximum Gasteiger partial charge on any atom is 0.241 e. The van der Waals surface area contributed by atoms with E-state index in [0.29, 0.717) is 22.1 Å². The predicted molar refractivity (Wildman–Crippen MR) is 62.8 cm³/mol. The summed E-state index contributed by atoms with van der Waals surface area (Å²) in [6, 6.07) is 3.28. The summed E-state index contributed by atoms with van der Waals surface area (Å²) in [6.45, 7) is 0. The van der Waals surface area contributed by atoms with Crippen LogP contribution in [0.1, 0.15) is 5.56 Å². The lowest BCUT2D eigenvalue weighted by atomic mass is 10.1. The van der Waals surface area contributed by atoms with Crippen LogP contribution in [0.5, 0.6) is 11.5 Å². The molecule has 16 heavy (non-hydrogen) atoms. The van der Waals surface area contributed by atoms with Crippen molar-refractivity contribution in [3.05, 3.63) is 28.8 Å². The van der Waals surface area contributed by atoms with Gasteiger partial charge in [-0.3, -0.25) is 4.79 Å². The van der Waals surface area contributed by atoms with E-state index >= 15 is 0 Å². The smallest absolute Gasteiger partial charge is 0.241 e. The van der Waals surface area contributed by atoms with E-state index in [1.807, 2.05) is 0 Å². The minimum atomic E-state index is -0.541. The standard InChI is InChI=1S/C11H12ClNO3/c1-15-9-6-8(12)5-7(11(9)16-2)3-4-10(13)14/h3-6H,1-2H3,(H2,13,14). The molecule has 0 heterocycles. The number of carbonyl (C=O) groups excluding carboxylic acids is 1. The molecule has 0 spiro atoms. The summed E-state index contributed by atoms with van der Waals surface area (Å²) in [6.07, 6.45) is 2.75. The number of hydrogen-bond donors (Lipinski definition) is 1. The number of hydrogen-bond acceptors (Lipinski definition) is 3. The normalized spacial score (nSPS) is 10.4. The molecule has 4 nitrogen and oxygen atoms in total. The van der Waals surface area contributed by atoms with Crippen molar-refractivity contribution in [2.45, 2.75) is 0 Å². The lowest BCUT2D eigenvalue weighted by molar-refractivity contribution is -0.113. The van der Waals surface area contributed by atoms with E-state index in [4.69, 9.17) is 26.8 Å². The fourth-order valence-corrected chi connectivity index (χ4v) is 1.47. The second kappa shape index (κ2) is 5.42. The van der Waals surface area contributed by atoms with Crippen LogP contribution in [0.4, 0.5) is 0 Å². The van der Waals surface area contributed by atoms with E-state index in [2.05, 4.69) is 0 Å². The zero-order valence-corrected chi connectivity index (χ0v) is 9.75. The zero-order chi connectivity index (χ0) is 12.1. The van der Waals surface area contributed by atoms with Crippen molar-refractivity contribution in [3.8, 4) is 11.5 Å². The average molecular weight is 242 g/mol. The van der Waals surface area contributed by atoms with E-state index in [-0.39, 0.29) is 0 Å². The number of rotatable bonds is 4. The Hall–Kier alpha value is -1.68. The first-order valence-corrected chi connectivity index (χ1v) is 4.85. The van der Waals surface area contributed by atoms with Crippen molar-refractivity contribution in [3.63, 3.8) is 0 Å². The molecule has 86 valence electrons. The highest BCUT2D eigenvalue weighted by atomic mass is 35.5. The first kappa shape index (κ1) is 12.4. The van der Waals surface area contributed by atoms with Crippen LogP contribution in [0, 0.1) is 0 Å². The van der Waals surface area contributed by atoms with Crippen LogP contribution in [-0.2, 0) is 4.79 Å². The van der Waals surface area contributed by atoms with Crippen molar-refractivity contribution < 1.29 is 14.3 Å². The number of halogens is 1. The Morgan fingerprint density at radius 3 is 2.56 bits per heavy atom. The highest BCUT2D eigenvalue weighted by Crippen LogP contribution is 2.35. The maximum absolute atomic E-state index is 10.6. The molecule has 0 fully saturated rings. The van der Waals surface area contributed by atoms with E-state index in [0.717, 1.165) is 0 Å². The first-order valence-electron chi connectivity index (χ1n) is 4.47. The van der Waals surface area contributed by atoms with Crippen LogP contribution in [-0.4, -0.2) is 20.1 Å². The van der Waals surface area contributed by atoms with Gasteiger partial charge in [0.05, 0.1) is 14.2 Å². The molecule has 0 saturated heterocycles. The molecule has 0 aromatic heterocycles. The summed E-state index contributed by atoms with van der Waals surface area (Å²) in [7, 11) is 3.02. The second-order valence-corrected chi connectivity index (χ2v) is 3.40. The zero-order valence-electron chi connectivity index (χ0n) is 8.99. The van der Waals surface area contributed by atoms with Crippen LogP contribution in [0.2, 0.25) is 5.02 Å². The van der Waals surface area contributed by atoms with Gasteiger partial charge >= 0.3 is 0 Å². The molecule has 0 aliphatic rings. The third kappa shape index (κ3) is 2.90. The van der Waals surface area contributed by atoms with E-state index in [9.17, 15) is 4.79 Å². The molecule has 1 aromatic carbocycles. The molecule has 5 heteroatoms. The van der Waals surface area contributed by atoms with Crippen molar-refractivity contribution in [2.75, 3.05) is 14.2 Å². The molecule has 1 aromatic rings. The largest absolute Gasteiger partial charge is 0.493 e. The van der Waals surface area contributed by atoms with Gasteiger partial charge in [-0.05, 0) is 12.1 Å². The van der Waals surface area contributed by atoms with Gasteiger partial charge in [0.15, 0.2) is 11.5 Å². The third-order valence-corrected chi connectivity index (χ3v) is 2.12. The summed E-state index contributed by atoms with van der Waals surface area (Å²) in [5.74, 6) is 0.463. The lowest BCUT2D eigenvalue weighted by Gasteiger charge is -2.10. The fraction of sp³-hybridized carbons (Fsp3) is 0.182. The number of methoxy groups -OCH3 is 2. The van der Waals surface area contributed by atoms with E-state index in [1.165, 1.54) is 26.4 Å². The van der Waals surface area contributed by atoms with Gasteiger partial charge in [-0.15, -0.1) is 0 Å². The molecular weight excluding hydrogens is 230 g/mol. The van der Waals surface area contributed by atoms with Crippen LogP contribution in [0.15, 0.2) is 18.2 Å². The van der Waals surface area contributed by atoms with Gasteiger partial charge in [0.25, 0.3) is 0 Å². The number of ether oxygens (including phenoxy) is 2. The summed E-state index contributed by atoms with van der Waals surface area (Å²) < 4.78 is 10.3. The summed E-state index contributed by atoms with van der Waals surface area (Å²) in [5.41, 5.74) is 5.64. The van der Waals surface area contributed by atoms with Crippen LogP contribution < -0.4 is 15.2 Å². The number of benzene rings is 1. The minimum absolute atomic E-state index is 0.488. The van der Waals surface area contributed by atoms with Gasteiger partial charge in [-0.2, -0.15) is 0 Å². The Bertz CT molecular complexity index is 429. The number of amides is 1. The molecule has 0 unspecified atom stereocenters. The SMILES string of the molecule is COc1cc(Cl)cc(C=CC(N)=O)c1OC. The monoisotopic (exact) mass is 241 g/mol. The molecule has 2 N–H and O–H groups in total. The minimum Gasteiger partial charge on any atom is -0.493 e. The number of carbonyl (C=O) groups is 1. The average Bonchev–Trinajstić information content (AvgIpc) is 2.25. The predicted octanol–water partition coefficient (Wildman–Crippen LogP) is 1.86. The van der Waals surface area contributed by atoms with Crippen molar-refractivity contribution in [1.29, 1.82) is 0 Å². The van der Waals surface area contributed by atoms with Crippen LogP contribution in [0.25, 0.3) is 6.08 Å². The Morgan fingerprint density at radius 1 is 1.38 bits per heavy atom. The lowest BCUT2D eigenvalue weighted by Crippen LogP contribution is -2.05. The molecule has 0 bridgehead atoms. The summed E-state index contributed by atoms with van der Waals surface area (Å²) >= 11 is 5.89. The Balaban J connectivity index is 3.25. The Kier molecular flexibility index (Phi) is 4.19. The highest BCUT2D eigenvalue weighted by Gasteiger charge is 2.09. The van der Waals surface area contributed by atoms with Gasteiger partial charge in [0.1, 0.15) is 0 Å². The summed E-state index contributed by atoms with van der Waals surface area (Å²) in [5, 5.41) is 0.488. The van der Waals surface area contributed by atoms with Crippen molar-refractivity contribution in [2.24, 2.45) is 5.73 Å². The summed E-state index contributed by atoms with van der Waals surface area (Å²) in [4.78, 5) is 10.6. The van der Waals surface area contributed by atoms with Gasteiger partial charge in [-0.1, -0.05) is 11.6 Å². The maximum atomic E-state index is 10.6. The molecule has 0 aliphatic carbocycles. The highest BCUT2D eigenvalue weighted by molar-refractivity contribution is 6.31.